The molecule has 0 radical (unpaired) electrons. The number of carbonyl (C=O) groups excluding carboxylic acids is 1. The standard InChI is InChI=1S/C14H21FN4O3S/c1-11(18-6-8-19(9-7-18)23(16,21)22)14(20)17-10-12-4-2-3-5-13(12)15/h2-5,11H,6-10H2,1H3,(H,17,20)(H2,16,21,22). The average Bonchev–Trinajstić information content (AvgIpc) is 2.52. The Kier molecular flexibility index (Phi) is 5.69. The van der Waals surface area contributed by atoms with Crippen LogP contribution in [0.1, 0.15) is 12.5 Å². The number of rotatable bonds is 5. The molecule has 0 aromatic heterocycles. The average molecular weight is 344 g/mol. The Bertz CT molecular complexity index is 660. The van der Waals surface area contributed by atoms with Crippen LogP contribution in [0.3, 0.4) is 0 Å². The molecule has 1 heterocycles. The van der Waals surface area contributed by atoms with E-state index in [0.717, 1.165) is 0 Å². The van der Waals surface area contributed by atoms with Gasteiger partial charge in [0.2, 0.25) is 5.91 Å². The lowest BCUT2D eigenvalue weighted by atomic mass is 10.2. The van der Waals surface area contributed by atoms with Crippen molar-refractivity contribution in [3.8, 4) is 0 Å². The Balaban J connectivity index is 1.85. The molecule has 1 aliphatic rings. The molecule has 2 rings (SSSR count). The fraction of sp³-hybridized carbons (Fsp3) is 0.500. The van der Waals surface area contributed by atoms with E-state index in [2.05, 4.69) is 5.32 Å². The highest BCUT2D eigenvalue weighted by atomic mass is 32.2. The monoisotopic (exact) mass is 344 g/mol. The first kappa shape index (κ1) is 17.8. The minimum atomic E-state index is -3.68. The molecule has 1 amide bonds. The second-order valence-corrected chi connectivity index (χ2v) is 7.01. The number of hydrogen-bond donors (Lipinski definition) is 2. The summed E-state index contributed by atoms with van der Waals surface area (Å²) >= 11 is 0. The summed E-state index contributed by atoms with van der Waals surface area (Å²) in [5.74, 6) is -0.584. The Morgan fingerprint density at radius 2 is 1.91 bits per heavy atom. The van der Waals surface area contributed by atoms with Gasteiger partial charge in [0.1, 0.15) is 5.82 Å². The van der Waals surface area contributed by atoms with Crippen molar-refractivity contribution in [2.75, 3.05) is 26.2 Å². The third-order valence-corrected chi connectivity index (χ3v) is 5.06. The molecule has 0 saturated carbocycles. The molecule has 1 aromatic carbocycles. The van der Waals surface area contributed by atoms with E-state index < -0.39 is 16.3 Å². The van der Waals surface area contributed by atoms with E-state index in [1.54, 1.807) is 25.1 Å². The van der Waals surface area contributed by atoms with Gasteiger partial charge in [-0.05, 0) is 13.0 Å². The Labute approximate surface area is 135 Å². The zero-order chi connectivity index (χ0) is 17.0. The first-order valence-electron chi connectivity index (χ1n) is 7.32. The molecule has 1 atom stereocenters. The molecule has 1 aliphatic heterocycles. The highest BCUT2D eigenvalue weighted by Gasteiger charge is 2.29. The van der Waals surface area contributed by atoms with Crippen molar-refractivity contribution in [1.29, 1.82) is 0 Å². The summed E-state index contributed by atoms with van der Waals surface area (Å²) in [7, 11) is -3.68. The minimum Gasteiger partial charge on any atom is -0.351 e. The van der Waals surface area contributed by atoms with Gasteiger partial charge in [0.25, 0.3) is 10.2 Å². The number of halogens is 1. The molecule has 1 fully saturated rings. The molecular formula is C14H21FN4O3S. The van der Waals surface area contributed by atoms with Gasteiger partial charge in [0.05, 0.1) is 6.04 Å². The number of nitrogens with zero attached hydrogens (tertiary/aromatic N) is 2. The van der Waals surface area contributed by atoms with Crippen molar-refractivity contribution < 1.29 is 17.6 Å². The number of carbonyl (C=O) groups is 1. The Hall–Kier alpha value is -1.55. The van der Waals surface area contributed by atoms with Crippen LogP contribution in [-0.2, 0) is 21.5 Å². The summed E-state index contributed by atoms with van der Waals surface area (Å²) in [6, 6.07) is 5.83. The van der Waals surface area contributed by atoms with Crippen LogP contribution in [0.5, 0.6) is 0 Å². The summed E-state index contributed by atoms with van der Waals surface area (Å²) in [5.41, 5.74) is 0.423. The predicted molar refractivity (Wildman–Crippen MR) is 84.0 cm³/mol. The summed E-state index contributed by atoms with van der Waals surface area (Å²) < 4.78 is 37.2. The topological polar surface area (TPSA) is 95.7 Å². The van der Waals surface area contributed by atoms with E-state index in [9.17, 15) is 17.6 Å². The van der Waals surface area contributed by atoms with Crippen LogP contribution in [-0.4, -0.2) is 55.8 Å². The highest BCUT2D eigenvalue weighted by Crippen LogP contribution is 2.09. The SMILES string of the molecule is CC(C(=O)NCc1ccccc1F)N1CCN(S(N)(=O)=O)CC1. The Morgan fingerprint density at radius 1 is 1.30 bits per heavy atom. The van der Waals surface area contributed by atoms with Crippen LogP contribution >= 0.6 is 0 Å². The number of piperazine rings is 1. The van der Waals surface area contributed by atoms with Crippen LogP contribution < -0.4 is 10.5 Å². The molecule has 0 bridgehead atoms. The first-order chi connectivity index (χ1) is 10.8. The van der Waals surface area contributed by atoms with Gasteiger partial charge in [-0.25, -0.2) is 9.53 Å². The van der Waals surface area contributed by atoms with Crippen molar-refractivity contribution in [2.45, 2.75) is 19.5 Å². The third kappa shape index (κ3) is 4.71. The number of nitrogens with two attached hydrogens (primary N) is 1. The molecule has 9 heteroatoms. The lowest BCUT2D eigenvalue weighted by Crippen LogP contribution is -2.55. The van der Waals surface area contributed by atoms with Crippen molar-refractivity contribution in [3.63, 3.8) is 0 Å². The van der Waals surface area contributed by atoms with Gasteiger partial charge >= 0.3 is 0 Å². The Morgan fingerprint density at radius 3 is 2.48 bits per heavy atom. The van der Waals surface area contributed by atoms with Gasteiger partial charge in [0.15, 0.2) is 0 Å². The normalized spacial score (nSPS) is 18.6. The van der Waals surface area contributed by atoms with Gasteiger partial charge in [-0.2, -0.15) is 12.7 Å². The van der Waals surface area contributed by atoms with Crippen molar-refractivity contribution in [3.05, 3.63) is 35.6 Å². The number of hydrogen-bond acceptors (Lipinski definition) is 4. The van der Waals surface area contributed by atoms with Gasteiger partial charge in [0, 0.05) is 38.3 Å². The van der Waals surface area contributed by atoms with Gasteiger partial charge in [-0.1, -0.05) is 18.2 Å². The highest BCUT2D eigenvalue weighted by molar-refractivity contribution is 7.86. The molecule has 3 N–H and O–H groups in total. The van der Waals surface area contributed by atoms with E-state index >= 15 is 0 Å². The fourth-order valence-electron chi connectivity index (χ4n) is 2.48. The molecule has 128 valence electrons. The maximum atomic E-state index is 13.5. The first-order valence-corrected chi connectivity index (χ1v) is 8.82. The molecule has 1 aromatic rings. The molecule has 1 saturated heterocycles. The quantitative estimate of drug-likeness (QED) is 0.763. The maximum Gasteiger partial charge on any atom is 0.276 e. The maximum absolute atomic E-state index is 13.5. The largest absolute Gasteiger partial charge is 0.351 e. The van der Waals surface area contributed by atoms with E-state index in [4.69, 9.17) is 5.14 Å². The van der Waals surface area contributed by atoms with Gasteiger partial charge in [-0.15, -0.1) is 0 Å². The molecule has 0 aliphatic carbocycles. The number of nitrogens with one attached hydrogen (secondary N) is 1. The smallest absolute Gasteiger partial charge is 0.276 e. The van der Waals surface area contributed by atoms with E-state index in [1.807, 2.05) is 4.90 Å². The molecular weight excluding hydrogens is 323 g/mol. The molecule has 0 spiro atoms. The van der Waals surface area contributed by atoms with E-state index in [-0.39, 0.29) is 31.4 Å². The lowest BCUT2D eigenvalue weighted by Gasteiger charge is -2.35. The van der Waals surface area contributed by atoms with Crippen LogP contribution in [0.2, 0.25) is 0 Å². The number of benzene rings is 1. The second kappa shape index (κ2) is 7.35. The number of amides is 1. The van der Waals surface area contributed by atoms with Crippen molar-refractivity contribution in [1.82, 2.24) is 14.5 Å². The summed E-state index contributed by atoms with van der Waals surface area (Å²) in [6.07, 6.45) is 0. The van der Waals surface area contributed by atoms with E-state index in [0.29, 0.717) is 18.7 Å². The minimum absolute atomic E-state index is 0.118. The summed E-state index contributed by atoms with van der Waals surface area (Å²) in [5, 5.41) is 7.78. The fourth-order valence-corrected chi connectivity index (χ4v) is 3.16. The van der Waals surface area contributed by atoms with Gasteiger partial charge < -0.3 is 5.32 Å². The predicted octanol–water partition coefficient (Wildman–Crippen LogP) is -0.348. The lowest BCUT2D eigenvalue weighted by molar-refractivity contribution is -0.126. The molecule has 7 nitrogen and oxygen atoms in total. The third-order valence-electron chi connectivity index (χ3n) is 3.97. The van der Waals surface area contributed by atoms with Crippen molar-refractivity contribution >= 4 is 16.1 Å². The van der Waals surface area contributed by atoms with Crippen molar-refractivity contribution in [2.24, 2.45) is 5.14 Å². The molecule has 23 heavy (non-hydrogen) atoms. The van der Waals surface area contributed by atoms with Gasteiger partial charge in [-0.3, -0.25) is 9.69 Å². The van der Waals surface area contributed by atoms with Crippen LogP contribution in [0.4, 0.5) is 4.39 Å². The summed E-state index contributed by atoms with van der Waals surface area (Å²) in [4.78, 5) is 14.0. The van der Waals surface area contributed by atoms with Crippen LogP contribution in [0, 0.1) is 5.82 Å². The second-order valence-electron chi connectivity index (χ2n) is 5.47. The van der Waals surface area contributed by atoms with Crippen LogP contribution in [0.25, 0.3) is 0 Å². The summed E-state index contributed by atoms with van der Waals surface area (Å²) in [6.45, 7) is 3.21. The zero-order valence-corrected chi connectivity index (χ0v) is 13.7. The zero-order valence-electron chi connectivity index (χ0n) is 12.9. The van der Waals surface area contributed by atoms with E-state index in [1.165, 1.54) is 10.4 Å². The molecule has 1 unspecified atom stereocenters. The van der Waals surface area contributed by atoms with Crippen LogP contribution in [0.15, 0.2) is 24.3 Å².